The van der Waals surface area contributed by atoms with Gasteiger partial charge in [0.05, 0.1) is 6.61 Å². The molecule has 1 atom stereocenters. The number of guanidine groups is 1. The predicted molar refractivity (Wildman–Crippen MR) is 84.7 cm³/mol. The van der Waals surface area contributed by atoms with Gasteiger partial charge in [-0.25, -0.2) is 4.99 Å². The van der Waals surface area contributed by atoms with Gasteiger partial charge in [-0.2, -0.15) is 5.26 Å². The zero-order chi connectivity index (χ0) is 17.0. The summed E-state index contributed by atoms with van der Waals surface area (Å²) in [6, 6.07) is 4.25. The molecule has 0 spiro atoms. The maximum absolute atomic E-state index is 12.0. The largest absolute Gasteiger partial charge is 0.504 e. The second kappa shape index (κ2) is 6.83. The summed E-state index contributed by atoms with van der Waals surface area (Å²) in [5.74, 6) is 0.500. The number of nitriles is 1. The van der Waals surface area contributed by atoms with Crippen molar-refractivity contribution in [2.75, 3.05) is 6.61 Å². The molecule has 0 fully saturated rings. The average molecular weight is 314 g/mol. The Labute approximate surface area is 134 Å². The van der Waals surface area contributed by atoms with E-state index in [1.807, 2.05) is 6.92 Å². The summed E-state index contributed by atoms with van der Waals surface area (Å²) >= 11 is 0. The van der Waals surface area contributed by atoms with E-state index < -0.39 is 6.04 Å². The summed E-state index contributed by atoms with van der Waals surface area (Å²) in [5.41, 5.74) is 1.82. The molecule has 2 rings (SSSR count). The van der Waals surface area contributed by atoms with E-state index in [0.29, 0.717) is 29.2 Å². The number of aliphatic imine (C=N–C) groups is 1. The average Bonchev–Trinajstić information content (AvgIpc) is 2.49. The summed E-state index contributed by atoms with van der Waals surface area (Å²) in [7, 11) is 0. The number of aromatic hydroxyl groups is 1. The molecule has 1 aromatic carbocycles. The van der Waals surface area contributed by atoms with Crippen molar-refractivity contribution in [2.45, 2.75) is 26.8 Å². The first-order valence-corrected chi connectivity index (χ1v) is 7.15. The van der Waals surface area contributed by atoms with Crippen molar-refractivity contribution in [3.05, 3.63) is 35.0 Å². The van der Waals surface area contributed by atoms with Crippen LogP contribution in [-0.4, -0.2) is 23.5 Å². The highest BCUT2D eigenvalue weighted by Crippen LogP contribution is 2.35. The lowest BCUT2D eigenvalue weighted by Gasteiger charge is -2.25. The third-order valence-electron chi connectivity index (χ3n) is 3.39. The Kier molecular flexibility index (Phi) is 4.86. The summed E-state index contributed by atoms with van der Waals surface area (Å²) < 4.78 is 5.38. The van der Waals surface area contributed by atoms with Crippen LogP contribution < -0.4 is 15.4 Å². The first kappa shape index (κ1) is 16.4. The van der Waals surface area contributed by atoms with Crippen LogP contribution in [0.1, 0.15) is 32.4 Å². The molecule has 0 saturated heterocycles. The van der Waals surface area contributed by atoms with E-state index >= 15 is 0 Å². The topological polar surface area (TPSA) is 107 Å². The minimum Gasteiger partial charge on any atom is -0.504 e. The second-order valence-electron chi connectivity index (χ2n) is 5.00. The number of nitrogens with one attached hydrogen (secondary N) is 2. The van der Waals surface area contributed by atoms with Crippen molar-refractivity contribution < 1.29 is 14.6 Å². The van der Waals surface area contributed by atoms with Crippen LogP contribution in [0.5, 0.6) is 11.5 Å². The lowest BCUT2D eigenvalue weighted by atomic mass is 9.93. The molecule has 1 aliphatic rings. The fourth-order valence-electron chi connectivity index (χ4n) is 2.46. The molecule has 0 aromatic heterocycles. The minimum atomic E-state index is -0.579. The predicted octanol–water partition coefficient (Wildman–Crippen LogP) is 1.72. The van der Waals surface area contributed by atoms with Crippen molar-refractivity contribution in [2.24, 2.45) is 4.99 Å². The molecule has 0 unspecified atom stereocenters. The van der Waals surface area contributed by atoms with E-state index in [9.17, 15) is 9.90 Å². The SMILES string of the molecule is CCOc1cc([C@H]2N=C(NC#N)NC(C)=C2C(C)=O)ccc1O. The molecule has 3 N–H and O–H groups in total. The van der Waals surface area contributed by atoms with Gasteiger partial charge in [0.25, 0.3) is 0 Å². The number of Topliss-reactive ketones (excluding diaryl/α,β-unsaturated/α-hetero) is 1. The highest BCUT2D eigenvalue weighted by Gasteiger charge is 2.27. The number of carbonyl (C=O) groups is 1. The molecule has 1 heterocycles. The van der Waals surface area contributed by atoms with Crippen molar-refractivity contribution in [3.63, 3.8) is 0 Å². The Morgan fingerprint density at radius 3 is 2.91 bits per heavy atom. The molecule has 0 amide bonds. The Morgan fingerprint density at radius 1 is 1.57 bits per heavy atom. The Hall–Kier alpha value is -3.01. The van der Waals surface area contributed by atoms with Gasteiger partial charge < -0.3 is 15.2 Å². The van der Waals surface area contributed by atoms with Crippen molar-refractivity contribution in [3.8, 4) is 17.7 Å². The first-order chi connectivity index (χ1) is 11.0. The lowest BCUT2D eigenvalue weighted by molar-refractivity contribution is -0.114. The fraction of sp³-hybridized carbons (Fsp3) is 0.312. The standard InChI is InChI=1S/C16H18N4O3/c1-4-23-13-7-11(5-6-12(13)22)15-14(10(3)21)9(2)19-16(20-15)18-8-17/h5-7,15,22H,4H2,1-3H3,(H2,18,19,20)/t15-/m1/s1. The van der Waals surface area contributed by atoms with Crippen LogP contribution in [0, 0.1) is 11.5 Å². The van der Waals surface area contributed by atoms with Gasteiger partial charge in [-0.05, 0) is 38.5 Å². The van der Waals surface area contributed by atoms with E-state index in [1.54, 1.807) is 25.2 Å². The van der Waals surface area contributed by atoms with Crippen LogP contribution in [0.2, 0.25) is 0 Å². The van der Waals surface area contributed by atoms with Crippen LogP contribution in [-0.2, 0) is 4.79 Å². The van der Waals surface area contributed by atoms with E-state index in [2.05, 4.69) is 15.6 Å². The normalized spacial score (nSPS) is 17.0. The van der Waals surface area contributed by atoms with E-state index in [1.165, 1.54) is 13.0 Å². The number of nitrogens with zero attached hydrogens (tertiary/aromatic N) is 2. The van der Waals surface area contributed by atoms with E-state index in [4.69, 9.17) is 10.00 Å². The van der Waals surface area contributed by atoms with Crippen LogP contribution in [0.4, 0.5) is 0 Å². The number of benzene rings is 1. The number of allylic oxidation sites excluding steroid dienone is 1. The number of ketones is 1. The van der Waals surface area contributed by atoms with Gasteiger partial charge in [-0.15, -0.1) is 0 Å². The van der Waals surface area contributed by atoms with Crippen molar-refractivity contribution in [1.29, 1.82) is 5.26 Å². The number of hydrogen-bond acceptors (Lipinski definition) is 7. The highest BCUT2D eigenvalue weighted by molar-refractivity contribution is 5.98. The second-order valence-corrected chi connectivity index (χ2v) is 5.00. The van der Waals surface area contributed by atoms with Crippen molar-refractivity contribution >= 4 is 11.7 Å². The van der Waals surface area contributed by atoms with Gasteiger partial charge in [0.15, 0.2) is 23.5 Å². The monoisotopic (exact) mass is 314 g/mol. The van der Waals surface area contributed by atoms with Crippen molar-refractivity contribution in [1.82, 2.24) is 10.6 Å². The number of ether oxygens (including phenoxy) is 1. The van der Waals surface area contributed by atoms with Gasteiger partial charge in [-0.3, -0.25) is 10.1 Å². The Balaban J connectivity index is 2.51. The number of carbonyl (C=O) groups excluding carboxylic acids is 1. The first-order valence-electron chi connectivity index (χ1n) is 7.15. The molecule has 1 aromatic rings. The molecular weight excluding hydrogens is 296 g/mol. The van der Waals surface area contributed by atoms with Crippen LogP contribution in [0.15, 0.2) is 34.5 Å². The third kappa shape index (κ3) is 3.43. The Morgan fingerprint density at radius 2 is 2.30 bits per heavy atom. The summed E-state index contributed by atoms with van der Waals surface area (Å²) in [4.78, 5) is 16.4. The highest BCUT2D eigenvalue weighted by atomic mass is 16.5. The molecule has 0 saturated carbocycles. The van der Waals surface area contributed by atoms with Gasteiger partial charge in [-0.1, -0.05) is 6.07 Å². The number of phenolic OH excluding ortho intramolecular Hbond substituents is 1. The maximum Gasteiger partial charge on any atom is 0.209 e. The molecular formula is C16H18N4O3. The van der Waals surface area contributed by atoms with Gasteiger partial charge >= 0.3 is 0 Å². The summed E-state index contributed by atoms with van der Waals surface area (Å²) in [6.45, 7) is 5.44. The van der Waals surface area contributed by atoms with Gasteiger partial charge in [0.1, 0.15) is 6.04 Å². The molecule has 23 heavy (non-hydrogen) atoms. The van der Waals surface area contributed by atoms with Gasteiger partial charge in [0.2, 0.25) is 5.96 Å². The minimum absolute atomic E-state index is 0.0222. The molecule has 120 valence electrons. The number of rotatable bonds is 4. The third-order valence-corrected chi connectivity index (χ3v) is 3.39. The molecule has 0 radical (unpaired) electrons. The maximum atomic E-state index is 12.0. The number of hydrogen-bond donors (Lipinski definition) is 3. The summed E-state index contributed by atoms with van der Waals surface area (Å²) in [5, 5.41) is 23.9. The Bertz CT molecular complexity index is 731. The fourth-order valence-corrected chi connectivity index (χ4v) is 2.46. The molecule has 7 heteroatoms. The molecule has 0 aliphatic carbocycles. The smallest absolute Gasteiger partial charge is 0.209 e. The van der Waals surface area contributed by atoms with Crippen LogP contribution in [0.25, 0.3) is 0 Å². The van der Waals surface area contributed by atoms with E-state index in [-0.39, 0.29) is 17.5 Å². The quantitative estimate of drug-likeness (QED) is 0.577. The van der Waals surface area contributed by atoms with Crippen LogP contribution >= 0.6 is 0 Å². The number of phenols is 1. The zero-order valence-electron chi connectivity index (χ0n) is 13.2. The molecule has 0 bridgehead atoms. The molecule has 1 aliphatic heterocycles. The lowest BCUT2D eigenvalue weighted by Crippen LogP contribution is -2.38. The van der Waals surface area contributed by atoms with E-state index in [0.717, 1.165) is 0 Å². The van der Waals surface area contributed by atoms with Crippen LogP contribution in [0.3, 0.4) is 0 Å². The summed E-state index contributed by atoms with van der Waals surface area (Å²) in [6.07, 6.45) is 1.80. The zero-order valence-corrected chi connectivity index (χ0v) is 13.2. The molecule has 7 nitrogen and oxygen atoms in total. The van der Waals surface area contributed by atoms with Gasteiger partial charge in [0, 0.05) is 11.3 Å².